The van der Waals surface area contributed by atoms with Crippen molar-refractivity contribution in [2.24, 2.45) is 0 Å². The summed E-state index contributed by atoms with van der Waals surface area (Å²) in [7, 11) is 0. The van der Waals surface area contributed by atoms with E-state index in [0.29, 0.717) is 12.8 Å². The molecule has 4 heterocycles. The zero-order valence-corrected chi connectivity index (χ0v) is 15.3. The Morgan fingerprint density at radius 1 is 1.22 bits per heavy atom. The van der Waals surface area contributed by atoms with Crippen molar-refractivity contribution in [2.45, 2.75) is 37.6 Å². The second kappa shape index (κ2) is 6.49. The van der Waals surface area contributed by atoms with E-state index in [-0.39, 0.29) is 11.4 Å². The molecule has 0 saturated carbocycles. The summed E-state index contributed by atoms with van der Waals surface area (Å²) < 4.78 is 0. The SMILES string of the molecule is O=C(CCc1nc2ccccc2[nH]1)N1CCC2(CC1)NCCc1[nH]cnc12. The first-order valence-corrected chi connectivity index (χ1v) is 9.73. The van der Waals surface area contributed by atoms with Crippen molar-refractivity contribution in [2.75, 3.05) is 19.6 Å². The van der Waals surface area contributed by atoms with E-state index >= 15 is 0 Å². The lowest BCUT2D eigenvalue weighted by molar-refractivity contribution is -0.133. The molecular weight excluding hydrogens is 340 g/mol. The van der Waals surface area contributed by atoms with Crippen LogP contribution >= 0.6 is 0 Å². The Bertz CT molecular complexity index is 933. The number of para-hydroxylation sites is 2. The van der Waals surface area contributed by atoms with Crippen LogP contribution in [-0.4, -0.2) is 50.4 Å². The first kappa shape index (κ1) is 16.5. The van der Waals surface area contributed by atoms with Crippen LogP contribution in [0.3, 0.4) is 0 Å². The smallest absolute Gasteiger partial charge is 0.223 e. The third-order valence-corrected chi connectivity index (χ3v) is 5.99. The molecule has 7 heteroatoms. The molecule has 1 aromatic carbocycles. The van der Waals surface area contributed by atoms with Gasteiger partial charge in [-0.15, -0.1) is 0 Å². The number of likely N-dealkylation sites (tertiary alicyclic amines) is 1. The van der Waals surface area contributed by atoms with Crippen LogP contribution in [0.15, 0.2) is 30.6 Å². The van der Waals surface area contributed by atoms with Gasteiger partial charge in [-0.3, -0.25) is 4.79 Å². The Hall–Kier alpha value is -2.67. The number of rotatable bonds is 3. The van der Waals surface area contributed by atoms with Crippen LogP contribution in [0.5, 0.6) is 0 Å². The highest BCUT2D eigenvalue weighted by molar-refractivity contribution is 5.77. The van der Waals surface area contributed by atoms with Gasteiger partial charge in [0.2, 0.25) is 5.91 Å². The highest BCUT2D eigenvalue weighted by Gasteiger charge is 2.41. The summed E-state index contributed by atoms with van der Waals surface area (Å²) in [6.07, 6.45) is 5.77. The zero-order valence-electron chi connectivity index (χ0n) is 15.3. The maximum Gasteiger partial charge on any atom is 0.223 e. The third-order valence-electron chi connectivity index (χ3n) is 5.99. The average molecular weight is 364 g/mol. The predicted octanol–water partition coefficient (Wildman–Crippen LogP) is 1.88. The average Bonchev–Trinajstić information content (AvgIpc) is 3.34. The number of nitrogens with one attached hydrogen (secondary N) is 3. The molecule has 1 fully saturated rings. The first-order valence-electron chi connectivity index (χ1n) is 9.73. The summed E-state index contributed by atoms with van der Waals surface area (Å²) in [4.78, 5) is 30.4. The highest BCUT2D eigenvalue weighted by atomic mass is 16.2. The van der Waals surface area contributed by atoms with E-state index in [1.165, 1.54) is 5.69 Å². The number of amides is 1. The van der Waals surface area contributed by atoms with Crippen molar-refractivity contribution in [1.29, 1.82) is 0 Å². The van der Waals surface area contributed by atoms with Gasteiger partial charge in [-0.1, -0.05) is 12.1 Å². The summed E-state index contributed by atoms with van der Waals surface area (Å²) in [5.74, 6) is 1.09. The topological polar surface area (TPSA) is 89.7 Å². The molecule has 3 N–H and O–H groups in total. The number of hydrogen-bond acceptors (Lipinski definition) is 4. The minimum Gasteiger partial charge on any atom is -0.348 e. The molecule has 0 aliphatic carbocycles. The fourth-order valence-electron chi connectivity index (χ4n) is 4.49. The second-order valence-corrected chi connectivity index (χ2v) is 7.57. The van der Waals surface area contributed by atoms with Gasteiger partial charge in [-0.2, -0.15) is 0 Å². The van der Waals surface area contributed by atoms with Gasteiger partial charge in [0.15, 0.2) is 0 Å². The van der Waals surface area contributed by atoms with Gasteiger partial charge in [-0.05, 0) is 25.0 Å². The fraction of sp³-hybridized carbons (Fsp3) is 0.450. The Kier molecular flexibility index (Phi) is 3.97. The number of imidazole rings is 2. The van der Waals surface area contributed by atoms with Crippen LogP contribution in [0.2, 0.25) is 0 Å². The molecular formula is C20H24N6O. The van der Waals surface area contributed by atoms with Gasteiger partial charge >= 0.3 is 0 Å². The lowest BCUT2D eigenvalue weighted by atomic mass is 9.80. The molecule has 1 amide bonds. The molecule has 7 nitrogen and oxygen atoms in total. The van der Waals surface area contributed by atoms with E-state index in [1.807, 2.05) is 29.2 Å². The molecule has 0 atom stereocenters. The zero-order chi connectivity index (χ0) is 18.3. The Morgan fingerprint density at radius 3 is 2.93 bits per heavy atom. The number of carbonyl (C=O) groups is 1. The number of aromatic amines is 2. The molecule has 3 aromatic rings. The second-order valence-electron chi connectivity index (χ2n) is 7.57. The first-order chi connectivity index (χ1) is 13.2. The van der Waals surface area contributed by atoms with Crippen molar-refractivity contribution >= 4 is 16.9 Å². The minimum absolute atomic E-state index is 0.0664. The molecule has 2 aliphatic heterocycles. The van der Waals surface area contributed by atoms with Crippen molar-refractivity contribution in [3.8, 4) is 0 Å². The van der Waals surface area contributed by atoms with Crippen LogP contribution in [0, 0.1) is 0 Å². The number of aryl methyl sites for hydroxylation is 1. The van der Waals surface area contributed by atoms with Crippen LogP contribution in [0.4, 0.5) is 0 Å². The molecule has 1 saturated heterocycles. The van der Waals surface area contributed by atoms with Gasteiger partial charge in [0.1, 0.15) is 5.82 Å². The van der Waals surface area contributed by atoms with E-state index in [9.17, 15) is 4.79 Å². The van der Waals surface area contributed by atoms with Gasteiger partial charge in [-0.25, -0.2) is 9.97 Å². The predicted molar refractivity (Wildman–Crippen MR) is 102 cm³/mol. The number of fused-ring (bicyclic) bond motifs is 3. The van der Waals surface area contributed by atoms with E-state index in [0.717, 1.165) is 61.4 Å². The Balaban J connectivity index is 1.21. The quantitative estimate of drug-likeness (QED) is 0.662. The van der Waals surface area contributed by atoms with Gasteiger partial charge in [0.05, 0.1) is 28.6 Å². The number of hydrogen-bond donors (Lipinski definition) is 3. The van der Waals surface area contributed by atoms with E-state index < -0.39 is 0 Å². The standard InChI is InChI=1S/C20H24N6O/c27-18(6-5-17-24-14-3-1-2-4-15(14)25-17)26-11-8-20(9-12-26)19-16(7-10-23-20)21-13-22-19/h1-4,13,23H,5-12H2,(H,21,22)(H,24,25). The van der Waals surface area contributed by atoms with Crippen LogP contribution in [-0.2, 0) is 23.2 Å². The van der Waals surface area contributed by atoms with Crippen molar-refractivity contribution in [1.82, 2.24) is 30.2 Å². The van der Waals surface area contributed by atoms with Crippen molar-refractivity contribution in [3.05, 3.63) is 47.8 Å². The fourth-order valence-corrected chi connectivity index (χ4v) is 4.49. The molecule has 5 rings (SSSR count). The molecule has 140 valence electrons. The van der Waals surface area contributed by atoms with Crippen LogP contribution < -0.4 is 5.32 Å². The maximum absolute atomic E-state index is 12.7. The summed E-state index contributed by atoms with van der Waals surface area (Å²) in [6, 6.07) is 7.97. The Labute approximate surface area is 157 Å². The van der Waals surface area contributed by atoms with Gasteiger partial charge in [0, 0.05) is 44.6 Å². The molecule has 2 aliphatic rings. The largest absolute Gasteiger partial charge is 0.348 e. The molecule has 27 heavy (non-hydrogen) atoms. The lowest BCUT2D eigenvalue weighted by Crippen LogP contribution is -2.55. The summed E-state index contributed by atoms with van der Waals surface area (Å²) >= 11 is 0. The number of aromatic nitrogens is 4. The molecule has 0 unspecified atom stereocenters. The molecule has 1 spiro atoms. The summed E-state index contributed by atoms with van der Waals surface area (Å²) in [6.45, 7) is 2.52. The molecule has 2 aromatic heterocycles. The number of H-pyrrole nitrogens is 2. The number of carbonyl (C=O) groups excluding carboxylic acids is 1. The van der Waals surface area contributed by atoms with E-state index in [2.05, 4.69) is 25.3 Å². The highest BCUT2D eigenvalue weighted by Crippen LogP contribution is 2.35. The normalized spacial score (nSPS) is 18.7. The number of benzene rings is 1. The Morgan fingerprint density at radius 2 is 2.07 bits per heavy atom. The maximum atomic E-state index is 12.7. The summed E-state index contributed by atoms with van der Waals surface area (Å²) in [5.41, 5.74) is 4.32. The van der Waals surface area contributed by atoms with Crippen LogP contribution in [0.1, 0.15) is 36.5 Å². The van der Waals surface area contributed by atoms with E-state index in [1.54, 1.807) is 6.33 Å². The number of nitrogens with zero attached hydrogens (tertiary/aromatic N) is 3. The minimum atomic E-state index is -0.0664. The monoisotopic (exact) mass is 364 g/mol. The number of piperidine rings is 1. The van der Waals surface area contributed by atoms with Gasteiger partial charge in [0.25, 0.3) is 0 Å². The molecule has 0 bridgehead atoms. The van der Waals surface area contributed by atoms with E-state index in [4.69, 9.17) is 0 Å². The third kappa shape index (κ3) is 2.92. The van der Waals surface area contributed by atoms with Crippen molar-refractivity contribution < 1.29 is 4.79 Å². The lowest BCUT2D eigenvalue weighted by Gasteiger charge is -2.44. The van der Waals surface area contributed by atoms with Gasteiger partial charge < -0.3 is 20.2 Å². The molecule has 0 radical (unpaired) electrons. The van der Waals surface area contributed by atoms with Crippen LogP contribution in [0.25, 0.3) is 11.0 Å². The summed E-state index contributed by atoms with van der Waals surface area (Å²) in [5, 5.41) is 3.67. The van der Waals surface area contributed by atoms with Crippen molar-refractivity contribution in [3.63, 3.8) is 0 Å².